The van der Waals surface area contributed by atoms with Crippen molar-refractivity contribution >= 4 is 18.0 Å². The summed E-state index contributed by atoms with van der Waals surface area (Å²) in [5, 5.41) is 11.4. The second-order valence-electron chi connectivity index (χ2n) is 14.9. The largest absolute Gasteiger partial charge is 0.465 e. The fraction of sp³-hybridized carbons (Fsp3) is 0.927. The zero-order chi connectivity index (χ0) is 35.8. The first-order chi connectivity index (χ1) is 23.9. The molecule has 0 heterocycles. The van der Waals surface area contributed by atoms with Gasteiger partial charge in [0.05, 0.1) is 0 Å². The van der Waals surface area contributed by atoms with E-state index in [-0.39, 0.29) is 24.1 Å². The zero-order valence-electron chi connectivity index (χ0n) is 32.0. The zero-order valence-corrected chi connectivity index (χ0v) is 32.0. The highest BCUT2D eigenvalue weighted by Crippen LogP contribution is 2.21. The van der Waals surface area contributed by atoms with Gasteiger partial charge in [0.25, 0.3) is 0 Å². The summed E-state index contributed by atoms with van der Waals surface area (Å²) >= 11 is 0. The lowest BCUT2D eigenvalue weighted by molar-refractivity contribution is -0.153. The van der Waals surface area contributed by atoms with Crippen LogP contribution in [0, 0.1) is 0 Å². The highest BCUT2D eigenvalue weighted by molar-refractivity contribution is 5.80. The summed E-state index contributed by atoms with van der Waals surface area (Å²) in [6.45, 7) is 4.32. The van der Waals surface area contributed by atoms with Gasteiger partial charge in [-0.2, -0.15) is 0 Å². The molecule has 1 amide bonds. The number of carbonyl (C=O) groups excluding carboxylic acids is 2. The Morgan fingerprint density at radius 2 is 0.898 bits per heavy atom. The van der Waals surface area contributed by atoms with Gasteiger partial charge in [-0.25, -0.2) is 9.59 Å². The van der Waals surface area contributed by atoms with E-state index in [2.05, 4.69) is 19.2 Å². The number of amides is 1. The van der Waals surface area contributed by atoms with Gasteiger partial charge < -0.3 is 25.6 Å². The number of hydrogen-bond acceptors (Lipinski definition) is 6. The van der Waals surface area contributed by atoms with Gasteiger partial charge in [0.15, 0.2) is 0 Å². The van der Waals surface area contributed by atoms with Crippen LogP contribution in [0.5, 0.6) is 0 Å². The van der Waals surface area contributed by atoms with Crippen molar-refractivity contribution in [2.24, 2.45) is 5.73 Å². The Bertz CT molecular complexity index is 785. The third kappa shape index (κ3) is 26.6. The number of ether oxygens (including phenoxy) is 2. The lowest BCUT2D eigenvalue weighted by atomic mass is 9.99. The molecule has 2 fully saturated rings. The van der Waals surface area contributed by atoms with Crippen LogP contribution < -0.4 is 11.1 Å². The molecule has 2 aliphatic carbocycles. The molecular weight excluding hydrogens is 616 g/mol. The van der Waals surface area contributed by atoms with Gasteiger partial charge in [-0.3, -0.25) is 4.79 Å². The topological polar surface area (TPSA) is 128 Å². The Morgan fingerprint density at radius 1 is 0.551 bits per heavy atom. The number of rotatable bonds is 15. The molecule has 2 saturated carbocycles. The lowest BCUT2D eigenvalue weighted by Gasteiger charge is -2.22. The monoisotopic (exact) mass is 695 g/mol. The van der Waals surface area contributed by atoms with Crippen molar-refractivity contribution in [1.29, 1.82) is 0 Å². The smallest absolute Gasteiger partial charge is 0.405 e. The van der Waals surface area contributed by atoms with Crippen molar-refractivity contribution in [2.45, 2.75) is 244 Å². The van der Waals surface area contributed by atoms with E-state index in [4.69, 9.17) is 20.3 Å². The Hall–Kier alpha value is -1.83. The molecular formula is C41H78N2O6. The molecule has 4 N–H and O–H groups in total. The minimum Gasteiger partial charge on any atom is -0.465 e. The second kappa shape index (κ2) is 32.1. The fourth-order valence-electron chi connectivity index (χ4n) is 7.07. The van der Waals surface area contributed by atoms with Gasteiger partial charge in [-0.05, 0) is 64.2 Å². The maximum Gasteiger partial charge on any atom is 0.405 e. The van der Waals surface area contributed by atoms with E-state index in [1.807, 2.05) is 0 Å². The van der Waals surface area contributed by atoms with E-state index in [9.17, 15) is 14.4 Å². The van der Waals surface area contributed by atoms with Gasteiger partial charge in [0, 0.05) is 0 Å². The van der Waals surface area contributed by atoms with Crippen LogP contribution in [0.15, 0.2) is 0 Å². The summed E-state index contributed by atoms with van der Waals surface area (Å²) in [4.78, 5) is 35.8. The number of esters is 2. The van der Waals surface area contributed by atoms with E-state index in [0.29, 0.717) is 6.42 Å². The van der Waals surface area contributed by atoms with Crippen molar-refractivity contribution in [2.75, 3.05) is 0 Å². The van der Waals surface area contributed by atoms with Gasteiger partial charge in [-0.1, -0.05) is 155 Å². The van der Waals surface area contributed by atoms with Crippen LogP contribution in [0.1, 0.15) is 219 Å². The molecule has 0 aliphatic heterocycles. The molecule has 0 radical (unpaired) electrons. The molecule has 0 spiro atoms. The Balaban J connectivity index is 0.000000494. The molecule has 8 heteroatoms. The maximum absolute atomic E-state index is 12.5. The van der Waals surface area contributed by atoms with E-state index in [1.165, 1.54) is 122 Å². The highest BCUT2D eigenvalue weighted by Gasteiger charge is 2.25. The van der Waals surface area contributed by atoms with E-state index < -0.39 is 18.2 Å². The maximum atomic E-state index is 12.5. The third-order valence-corrected chi connectivity index (χ3v) is 10.3. The predicted molar refractivity (Wildman–Crippen MR) is 202 cm³/mol. The predicted octanol–water partition coefficient (Wildman–Crippen LogP) is 11.3. The molecule has 0 aromatic carbocycles. The highest BCUT2D eigenvalue weighted by atomic mass is 16.5. The van der Waals surface area contributed by atoms with E-state index >= 15 is 0 Å². The Labute approximate surface area is 301 Å². The summed E-state index contributed by atoms with van der Waals surface area (Å²) in [5.41, 5.74) is 6.01. The molecule has 2 atom stereocenters. The number of carbonyl (C=O) groups is 3. The SMILES string of the molecule is CCCCCCC(N)C(=O)OC1CCCCCCCCCCC1.CCCCCCC(NC(=O)O)C(=O)OC1CCCCCCCCCCC1. The molecule has 8 nitrogen and oxygen atoms in total. The fourth-order valence-corrected chi connectivity index (χ4v) is 7.07. The molecule has 2 rings (SSSR count). The van der Waals surface area contributed by atoms with Gasteiger partial charge in [0.1, 0.15) is 24.3 Å². The van der Waals surface area contributed by atoms with Crippen molar-refractivity contribution in [1.82, 2.24) is 5.32 Å². The van der Waals surface area contributed by atoms with Gasteiger partial charge >= 0.3 is 18.0 Å². The molecule has 0 saturated heterocycles. The summed E-state index contributed by atoms with van der Waals surface area (Å²) in [7, 11) is 0. The number of hydrogen-bond donors (Lipinski definition) is 3. The average molecular weight is 695 g/mol. The second-order valence-corrected chi connectivity index (χ2v) is 14.9. The van der Waals surface area contributed by atoms with Crippen molar-refractivity contribution < 1.29 is 29.0 Å². The first kappa shape index (κ1) is 45.2. The third-order valence-electron chi connectivity index (χ3n) is 10.3. The lowest BCUT2D eigenvalue weighted by Crippen LogP contribution is -2.42. The first-order valence-electron chi connectivity index (χ1n) is 21.0. The molecule has 288 valence electrons. The molecule has 0 aromatic heterocycles. The molecule has 2 unspecified atom stereocenters. The molecule has 49 heavy (non-hydrogen) atoms. The van der Waals surface area contributed by atoms with E-state index in [0.717, 1.165) is 77.0 Å². The average Bonchev–Trinajstić information content (AvgIpc) is 3.07. The number of unbranched alkanes of at least 4 members (excludes halogenated alkanes) is 6. The summed E-state index contributed by atoms with van der Waals surface area (Å²) < 4.78 is 11.5. The quantitative estimate of drug-likeness (QED) is 0.115. The normalized spacial score (nSPS) is 19.6. The molecule has 2 aliphatic rings. The van der Waals surface area contributed by atoms with Crippen LogP contribution in [0.25, 0.3) is 0 Å². The first-order valence-corrected chi connectivity index (χ1v) is 21.0. The summed E-state index contributed by atoms with van der Waals surface area (Å²) in [6.07, 6.45) is 35.5. The van der Waals surface area contributed by atoms with E-state index in [1.54, 1.807) is 0 Å². The summed E-state index contributed by atoms with van der Waals surface area (Å²) in [6, 6.07) is -1.15. The van der Waals surface area contributed by atoms with Crippen molar-refractivity contribution in [3.8, 4) is 0 Å². The minimum absolute atomic E-state index is 0.0596. The van der Waals surface area contributed by atoms with Gasteiger partial charge in [-0.15, -0.1) is 0 Å². The number of nitrogens with two attached hydrogens (primary N) is 1. The summed E-state index contributed by atoms with van der Waals surface area (Å²) in [5.74, 6) is -0.556. The van der Waals surface area contributed by atoms with Crippen molar-refractivity contribution in [3.63, 3.8) is 0 Å². The van der Waals surface area contributed by atoms with Crippen LogP contribution in [-0.4, -0.2) is 47.4 Å². The van der Waals surface area contributed by atoms with Crippen LogP contribution in [-0.2, 0) is 19.1 Å². The van der Waals surface area contributed by atoms with Crippen LogP contribution in [0.3, 0.4) is 0 Å². The molecule has 0 bridgehead atoms. The number of carboxylic acid groups (broad SMARTS) is 1. The van der Waals surface area contributed by atoms with Crippen LogP contribution in [0.2, 0.25) is 0 Å². The van der Waals surface area contributed by atoms with Crippen molar-refractivity contribution in [3.05, 3.63) is 0 Å². The van der Waals surface area contributed by atoms with Crippen LogP contribution in [0.4, 0.5) is 4.79 Å². The Morgan fingerprint density at radius 3 is 1.27 bits per heavy atom. The van der Waals surface area contributed by atoms with Gasteiger partial charge in [0.2, 0.25) is 0 Å². The standard InChI is InChI=1S/C21H39NO4.C20H39NO2/c1-2-3-4-14-17-19(22-21(24)25)20(23)26-18-15-12-10-8-6-5-7-9-11-13-16-18;1-2-3-4-14-17-19(21)20(22)23-18-15-12-10-8-6-5-7-9-11-13-16-18/h18-19,22H,2-17H2,1H3,(H,24,25);18-19H,2-17,21H2,1H3. The Kier molecular flexibility index (Phi) is 29.6. The number of nitrogens with one attached hydrogen (secondary N) is 1. The van der Waals surface area contributed by atoms with Crippen LogP contribution >= 0.6 is 0 Å². The molecule has 0 aromatic rings. The minimum atomic E-state index is -1.15.